The molecule has 106 valence electrons. The Labute approximate surface area is 114 Å². The zero-order chi connectivity index (χ0) is 13.9. The first-order chi connectivity index (χ1) is 9.06. The molecule has 6 heteroatoms. The van der Waals surface area contributed by atoms with Crippen LogP contribution in [0.4, 0.5) is 5.69 Å². The van der Waals surface area contributed by atoms with E-state index in [2.05, 4.69) is 9.62 Å². The van der Waals surface area contributed by atoms with Crippen LogP contribution in [0.2, 0.25) is 0 Å². The molecule has 0 bridgehead atoms. The Morgan fingerprint density at radius 3 is 2.47 bits per heavy atom. The van der Waals surface area contributed by atoms with Crippen molar-refractivity contribution in [2.75, 3.05) is 31.1 Å². The summed E-state index contributed by atoms with van der Waals surface area (Å²) in [7, 11) is -3.36. The number of hydrogen-bond acceptors (Lipinski definition) is 4. The van der Waals surface area contributed by atoms with E-state index in [9.17, 15) is 8.42 Å². The minimum atomic E-state index is -3.36. The first-order valence-corrected chi connectivity index (χ1v) is 8.10. The van der Waals surface area contributed by atoms with Gasteiger partial charge in [-0.25, -0.2) is 13.1 Å². The van der Waals surface area contributed by atoms with E-state index >= 15 is 0 Å². The maximum atomic E-state index is 11.9. The molecule has 5 nitrogen and oxygen atoms in total. The minimum Gasteiger partial charge on any atom is -0.371 e. The molecule has 0 unspecified atom stereocenters. The molecule has 0 spiro atoms. The molecule has 0 radical (unpaired) electrons. The molecule has 0 atom stereocenters. The molecule has 1 aliphatic rings. The van der Waals surface area contributed by atoms with Crippen LogP contribution in [0, 0.1) is 5.92 Å². The van der Waals surface area contributed by atoms with Crippen LogP contribution in [-0.4, -0.2) is 34.6 Å². The largest absolute Gasteiger partial charge is 0.371 e. The summed E-state index contributed by atoms with van der Waals surface area (Å²) in [5.41, 5.74) is 6.64. The number of benzene rings is 1. The molecular weight excluding hydrogens is 262 g/mol. The van der Waals surface area contributed by atoms with E-state index in [1.54, 1.807) is 12.1 Å². The van der Waals surface area contributed by atoms with Crippen molar-refractivity contribution in [1.29, 1.82) is 0 Å². The van der Waals surface area contributed by atoms with Crippen molar-refractivity contribution in [1.82, 2.24) is 4.72 Å². The number of anilines is 1. The van der Waals surface area contributed by atoms with Gasteiger partial charge in [0.15, 0.2) is 0 Å². The van der Waals surface area contributed by atoms with Crippen molar-refractivity contribution in [2.45, 2.75) is 18.2 Å². The predicted octanol–water partition coefficient (Wildman–Crippen LogP) is 0.770. The van der Waals surface area contributed by atoms with Crippen LogP contribution in [0.3, 0.4) is 0 Å². The normalized spacial score (nSPS) is 16.4. The van der Waals surface area contributed by atoms with E-state index in [0.29, 0.717) is 23.9 Å². The summed E-state index contributed by atoms with van der Waals surface area (Å²) in [4.78, 5) is 2.52. The third kappa shape index (κ3) is 3.26. The van der Waals surface area contributed by atoms with Gasteiger partial charge in [-0.15, -0.1) is 0 Å². The fourth-order valence-corrected chi connectivity index (χ4v) is 3.22. The molecule has 1 aromatic carbocycles. The van der Waals surface area contributed by atoms with E-state index in [-0.39, 0.29) is 0 Å². The van der Waals surface area contributed by atoms with Crippen LogP contribution in [-0.2, 0) is 10.0 Å². The van der Waals surface area contributed by atoms with Crippen LogP contribution in [0.1, 0.15) is 13.3 Å². The summed E-state index contributed by atoms with van der Waals surface area (Å²) in [6.07, 6.45) is 0.783. The number of nitrogens with zero attached hydrogens (tertiary/aromatic N) is 1. The molecule has 1 aromatic rings. The lowest BCUT2D eigenvalue weighted by atomic mass is 10.00. The molecule has 0 aromatic heterocycles. The Morgan fingerprint density at radius 2 is 1.95 bits per heavy atom. The van der Waals surface area contributed by atoms with Crippen molar-refractivity contribution in [3.05, 3.63) is 24.3 Å². The molecule has 1 saturated heterocycles. The second kappa shape index (κ2) is 5.90. The molecule has 19 heavy (non-hydrogen) atoms. The van der Waals surface area contributed by atoms with E-state index < -0.39 is 10.0 Å². The maximum absolute atomic E-state index is 11.9. The Balaban J connectivity index is 2.03. The molecule has 1 heterocycles. The number of nitrogens with one attached hydrogen (secondary N) is 1. The summed E-state index contributed by atoms with van der Waals surface area (Å²) in [6, 6.07) is 7.02. The first kappa shape index (κ1) is 14.3. The Morgan fingerprint density at radius 1 is 1.32 bits per heavy atom. The molecule has 1 fully saturated rings. The number of rotatable bonds is 6. The Hall–Kier alpha value is -1.11. The van der Waals surface area contributed by atoms with E-state index in [1.807, 2.05) is 19.1 Å². The highest BCUT2D eigenvalue weighted by Crippen LogP contribution is 2.25. The highest BCUT2D eigenvalue weighted by atomic mass is 32.2. The number of sulfonamides is 1. The lowest BCUT2D eigenvalue weighted by Crippen LogP contribution is -2.49. The van der Waals surface area contributed by atoms with Crippen LogP contribution in [0.25, 0.3) is 0 Å². The fourth-order valence-electron chi connectivity index (χ4n) is 2.09. The second-order valence-electron chi connectivity index (χ2n) is 4.90. The summed E-state index contributed by atoms with van der Waals surface area (Å²) >= 11 is 0. The average Bonchev–Trinajstić information content (AvgIpc) is 2.36. The summed E-state index contributed by atoms with van der Waals surface area (Å²) in [6.45, 7) is 5.02. The van der Waals surface area contributed by atoms with Gasteiger partial charge in [0.1, 0.15) is 0 Å². The first-order valence-electron chi connectivity index (χ1n) is 6.61. The molecule has 0 saturated carbocycles. The smallest absolute Gasteiger partial charge is 0.240 e. The van der Waals surface area contributed by atoms with Gasteiger partial charge in [0.25, 0.3) is 0 Å². The number of nitrogens with two attached hydrogens (primary N) is 1. The topological polar surface area (TPSA) is 75.4 Å². The van der Waals surface area contributed by atoms with Gasteiger partial charge >= 0.3 is 0 Å². The van der Waals surface area contributed by atoms with Crippen molar-refractivity contribution < 1.29 is 8.42 Å². The zero-order valence-corrected chi connectivity index (χ0v) is 12.0. The summed E-state index contributed by atoms with van der Waals surface area (Å²) in [5, 5.41) is 0. The van der Waals surface area contributed by atoms with Gasteiger partial charge in [-0.1, -0.05) is 6.92 Å². The number of hydrogen-bond donors (Lipinski definition) is 2. The van der Waals surface area contributed by atoms with E-state index in [4.69, 9.17) is 5.73 Å². The van der Waals surface area contributed by atoms with Gasteiger partial charge in [0.2, 0.25) is 10.0 Å². The van der Waals surface area contributed by atoms with Crippen LogP contribution in [0.5, 0.6) is 0 Å². The highest BCUT2D eigenvalue weighted by molar-refractivity contribution is 7.89. The molecule has 0 aliphatic carbocycles. The third-order valence-corrected chi connectivity index (χ3v) is 4.82. The highest BCUT2D eigenvalue weighted by Gasteiger charge is 2.25. The van der Waals surface area contributed by atoms with Gasteiger partial charge < -0.3 is 10.6 Å². The monoisotopic (exact) mass is 283 g/mol. The quantitative estimate of drug-likeness (QED) is 0.808. The van der Waals surface area contributed by atoms with Crippen molar-refractivity contribution >= 4 is 15.7 Å². The third-order valence-electron chi connectivity index (χ3n) is 3.34. The van der Waals surface area contributed by atoms with E-state index in [1.165, 1.54) is 0 Å². The minimum absolute atomic E-state index is 0.320. The molecule has 1 aliphatic heterocycles. The van der Waals surface area contributed by atoms with Gasteiger partial charge in [0, 0.05) is 31.2 Å². The SMILES string of the molecule is CCCNS(=O)(=O)c1ccc(N2CC(CN)C2)cc1. The summed E-state index contributed by atoms with van der Waals surface area (Å²) in [5.74, 6) is 0.564. The Bertz CT molecular complexity index is 507. The van der Waals surface area contributed by atoms with Crippen molar-refractivity contribution in [2.24, 2.45) is 11.7 Å². The van der Waals surface area contributed by atoms with Crippen LogP contribution in [0.15, 0.2) is 29.2 Å². The lowest BCUT2D eigenvalue weighted by Gasteiger charge is -2.40. The molecular formula is C13H21N3O2S. The molecule has 2 rings (SSSR count). The van der Waals surface area contributed by atoms with Crippen LogP contribution < -0.4 is 15.4 Å². The summed E-state index contributed by atoms with van der Waals surface area (Å²) < 4.78 is 26.4. The second-order valence-corrected chi connectivity index (χ2v) is 6.67. The average molecular weight is 283 g/mol. The maximum Gasteiger partial charge on any atom is 0.240 e. The Kier molecular flexibility index (Phi) is 4.44. The van der Waals surface area contributed by atoms with Crippen molar-refractivity contribution in [3.63, 3.8) is 0 Å². The molecule has 0 amide bonds. The van der Waals surface area contributed by atoms with Gasteiger partial charge in [0.05, 0.1) is 4.90 Å². The van der Waals surface area contributed by atoms with Gasteiger partial charge in [-0.2, -0.15) is 0 Å². The predicted molar refractivity (Wildman–Crippen MR) is 76.7 cm³/mol. The van der Waals surface area contributed by atoms with Gasteiger partial charge in [-0.3, -0.25) is 0 Å². The van der Waals surface area contributed by atoms with Crippen LogP contribution >= 0.6 is 0 Å². The zero-order valence-electron chi connectivity index (χ0n) is 11.2. The standard InChI is InChI=1S/C13H21N3O2S/c1-2-7-15-19(17,18)13-5-3-12(4-6-13)16-9-11(8-14)10-16/h3-6,11,15H,2,7-10,14H2,1H3. The fraction of sp³-hybridized carbons (Fsp3) is 0.538. The van der Waals surface area contributed by atoms with Crippen molar-refractivity contribution in [3.8, 4) is 0 Å². The van der Waals surface area contributed by atoms with E-state index in [0.717, 1.165) is 25.2 Å². The molecule has 3 N–H and O–H groups in total. The van der Waals surface area contributed by atoms with Gasteiger partial charge in [-0.05, 0) is 37.2 Å². The lowest BCUT2D eigenvalue weighted by molar-refractivity contribution is 0.420.